The zero-order chi connectivity index (χ0) is 22.7. The molecule has 0 spiro atoms. The van der Waals surface area contributed by atoms with Crippen LogP contribution in [0.4, 0.5) is 0 Å². The summed E-state index contributed by atoms with van der Waals surface area (Å²) in [6.07, 6.45) is 2.69. The van der Waals surface area contributed by atoms with E-state index in [1.165, 1.54) is 18.3 Å². The minimum Gasteiger partial charge on any atom is -0.314 e. The molecule has 0 aliphatic heterocycles. The van der Waals surface area contributed by atoms with E-state index in [1.54, 1.807) is 41.0 Å². The molecule has 32 heavy (non-hydrogen) atoms. The van der Waals surface area contributed by atoms with Gasteiger partial charge in [0.1, 0.15) is 12.4 Å². The number of halogens is 1. The third-order valence-electron chi connectivity index (χ3n) is 4.77. The molecule has 0 fully saturated rings. The number of imidazole rings is 1. The number of amides is 1. The number of fused-ring (bicyclic) bond motifs is 1. The number of hydrogen-bond acceptors (Lipinski definition) is 5. The Kier molecular flexibility index (Phi) is 6.07. The Bertz CT molecular complexity index is 1410. The van der Waals surface area contributed by atoms with Gasteiger partial charge in [-0.3, -0.25) is 4.79 Å². The molecule has 9 heteroatoms. The molecule has 4 aromatic rings. The summed E-state index contributed by atoms with van der Waals surface area (Å²) in [6.45, 7) is -0.0123. The number of carbonyl (C=O) groups is 1. The van der Waals surface area contributed by atoms with E-state index in [0.717, 1.165) is 22.9 Å². The van der Waals surface area contributed by atoms with E-state index < -0.39 is 9.84 Å². The van der Waals surface area contributed by atoms with Crippen molar-refractivity contribution in [2.45, 2.75) is 11.4 Å². The summed E-state index contributed by atoms with van der Waals surface area (Å²) in [5.74, 6) is 0.232. The SMILES string of the molecule is CS(=O)(=O)c1ccc(-c2nc3ccccc3n2CC(=O)N/N=C/c2ccc(Cl)cc2)cc1. The monoisotopic (exact) mass is 466 g/mol. The van der Waals surface area contributed by atoms with Gasteiger partial charge in [-0.2, -0.15) is 5.10 Å². The summed E-state index contributed by atoms with van der Waals surface area (Å²) in [5, 5.41) is 4.63. The molecule has 0 radical (unpaired) electrons. The van der Waals surface area contributed by atoms with Crippen LogP contribution in [0.2, 0.25) is 5.02 Å². The average Bonchev–Trinajstić information content (AvgIpc) is 3.13. The number of carbonyl (C=O) groups excluding carboxylic acids is 1. The Labute approximate surface area is 190 Å². The van der Waals surface area contributed by atoms with E-state index in [-0.39, 0.29) is 17.3 Å². The van der Waals surface area contributed by atoms with Gasteiger partial charge in [0.25, 0.3) is 5.91 Å². The molecule has 1 N–H and O–H groups in total. The van der Waals surface area contributed by atoms with Gasteiger partial charge >= 0.3 is 0 Å². The van der Waals surface area contributed by atoms with Gasteiger partial charge in [-0.25, -0.2) is 18.8 Å². The van der Waals surface area contributed by atoms with Crippen LogP contribution in [0.15, 0.2) is 82.8 Å². The molecular weight excluding hydrogens is 448 g/mol. The van der Waals surface area contributed by atoms with Crippen LogP contribution in [0.25, 0.3) is 22.4 Å². The van der Waals surface area contributed by atoms with Crippen molar-refractivity contribution < 1.29 is 13.2 Å². The number of rotatable bonds is 6. The molecule has 0 atom stereocenters. The summed E-state index contributed by atoms with van der Waals surface area (Å²) < 4.78 is 25.3. The summed E-state index contributed by atoms with van der Waals surface area (Å²) in [5.41, 5.74) is 5.54. The quantitative estimate of drug-likeness (QED) is 0.344. The molecule has 0 saturated carbocycles. The third-order valence-corrected chi connectivity index (χ3v) is 6.15. The number of hydrogen-bond donors (Lipinski definition) is 1. The Balaban J connectivity index is 1.60. The molecule has 3 aromatic carbocycles. The minimum atomic E-state index is -3.31. The lowest BCUT2D eigenvalue weighted by Gasteiger charge is -2.09. The molecular formula is C23H19ClN4O3S. The number of para-hydroxylation sites is 2. The largest absolute Gasteiger partial charge is 0.314 e. The van der Waals surface area contributed by atoms with E-state index in [2.05, 4.69) is 15.5 Å². The molecule has 162 valence electrons. The van der Waals surface area contributed by atoms with Crippen LogP contribution in [0.5, 0.6) is 0 Å². The lowest BCUT2D eigenvalue weighted by atomic mass is 10.2. The van der Waals surface area contributed by atoms with Gasteiger partial charge in [0.05, 0.1) is 22.1 Å². The maximum atomic E-state index is 12.6. The Hall–Kier alpha value is -3.49. The van der Waals surface area contributed by atoms with Crippen molar-refractivity contribution in [3.8, 4) is 11.4 Å². The van der Waals surface area contributed by atoms with E-state index in [4.69, 9.17) is 11.6 Å². The zero-order valence-electron chi connectivity index (χ0n) is 17.1. The third kappa shape index (κ3) is 4.87. The van der Waals surface area contributed by atoms with E-state index in [9.17, 15) is 13.2 Å². The molecule has 1 amide bonds. The Morgan fingerprint density at radius 2 is 1.75 bits per heavy atom. The number of benzene rings is 3. The van der Waals surface area contributed by atoms with Gasteiger partial charge in [0, 0.05) is 16.8 Å². The summed E-state index contributed by atoms with van der Waals surface area (Å²) in [6, 6.07) is 21.0. The second kappa shape index (κ2) is 8.94. The lowest BCUT2D eigenvalue weighted by molar-refractivity contribution is -0.121. The van der Waals surface area contributed by atoms with Crippen LogP contribution in [0, 0.1) is 0 Å². The Morgan fingerprint density at radius 3 is 2.44 bits per heavy atom. The van der Waals surface area contributed by atoms with Crippen LogP contribution in [-0.4, -0.2) is 36.3 Å². The van der Waals surface area contributed by atoms with E-state index in [0.29, 0.717) is 16.4 Å². The standard InChI is InChI=1S/C23H19ClN4O3S/c1-32(30,31)19-12-8-17(9-13-19)23-26-20-4-2-3-5-21(20)28(23)15-22(29)27-25-14-16-6-10-18(24)11-7-16/h2-14H,15H2,1H3,(H,27,29)/b25-14+. The normalized spacial score (nSPS) is 11.8. The predicted octanol–water partition coefficient (Wildman–Crippen LogP) is 3.91. The summed E-state index contributed by atoms with van der Waals surface area (Å²) in [7, 11) is -3.31. The summed E-state index contributed by atoms with van der Waals surface area (Å²) in [4.78, 5) is 17.5. The van der Waals surface area contributed by atoms with Crippen molar-refractivity contribution in [2.75, 3.05) is 6.26 Å². The fourth-order valence-electron chi connectivity index (χ4n) is 3.21. The van der Waals surface area contributed by atoms with Crippen LogP contribution < -0.4 is 5.43 Å². The predicted molar refractivity (Wildman–Crippen MR) is 125 cm³/mol. The van der Waals surface area contributed by atoms with Crippen molar-refractivity contribution in [3.05, 3.63) is 83.4 Å². The summed E-state index contributed by atoms with van der Waals surface area (Å²) >= 11 is 5.87. The molecule has 4 rings (SSSR count). The first-order chi connectivity index (χ1) is 15.3. The first-order valence-corrected chi connectivity index (χ1v) is 11.9. The van der Waals surface area contributed by atoms with Gasteiger partial charge in [0.15, 0.2) is 9.84 Å². The molecule has 0 aliphatic rings. The van der Waals surface area contributed by atoms with Crippen LogP contribution in [-0.2, 0) is 21.2 Å². The number of sulfone groups is 1. The first-order valence-electron chi connectivity index (χ1n) is 9.64. The van der Waals surface area contributed by atoms with Gasteiger partial charge in [-0.15, -0.1) is 0 Å². The number of nitrogens with one attached hydrogen (secondary N) is 1. The highest BCUT2D eigenvalue weighted by Crippen LogP contribution is 2.26. The van der Waals surface area contributed by atoms with Gasteiger partial charge in [-0.1, -0.05) is 35.9 Å². The molecule has 0 unspecified atom stereocenters. The van der Waals surface area contributed by atoms with Crippen molar-refractivity contribution in [2.24, 2.45) is 5.10 Å². The maximum absolute atomic E-state index is 12.6. The molecule has 1 heterocycles. The fraction of sp³-hybridized carbons (Fsp3) is 0.0870. The molecule has 0 saturated heterocycles. The highest BCUT2D eigenvalue weighted by atomic mass is 35.5. The Morgan fingerprint density at radius 1 is 1.06 bits per heavy atom. The average molecular weight is 467 g/mol. The van der Waals surface area contributed by atoms with E-state index >= 15 is 0 Å². The molecule has 7 nitrogen and oxygen atoms in total. The van der Waals surface area contributed by atoms with Crippen molar-refractivity contribution in [1.29, 1.82) is 0 Å². The van der Waals surface area contributed by atoms with Gasteiger partial charge < -0.3 is 4.57 Å². The number of nitrogens with zero attached hydrogens (tertiary/aromatic N) is 3. The lowest BCUT2D eigenvalue weighted by Crippen LogP contribution is -2.23. The van der Waals surface area contributed by atoms with Crippen molar-refractivity contribution in [3.63, 3.8) is 0 Å². The van der Waals surface area contributed by atoms with Crippen LogP contribution in [0.1, 0.15) is 5.56 Å². The second-order valence-electron chi connectivity index (χ2n) is 7.15. The smallest absolute Gasteiger partial charge is 0.260 e. The number of hydrazone groups is 1. The van der Waals surface area contributed by atoms with Gasteiger partial charge in [-0.05, 0) is 54.1 Å². The van der Waals surface area contributed by atoms with Crippen LogP contribution >= 0.6 is 11.6 Å². The van der Waals surface area contributed by atoms with Gasteiger partial charge in [0.2, 0.25) is 0 Å². The van der Waals surface area contributed by atoms with Crippen LogP contribution in [0.3, 0.4) is 0 Å². The van der Waals surface area contributed by atoms with Crippen molar-refractivity contribution >= 4 is 44.6 Å². The topological polar surface area (TPSA) is 93.4 Å². The second-order valence-corrected chi connectivity index (χ2v) is 9.60. The fourth-order valence-corrected chi connectivity index (χ4v) is 3.97. The highest BCUT2D eigenvalue weighted by Gasteiger charge is 2.16. The zero-order valence-corrected chi connectivity index (χ0v) is 18.6. The molecule has 1 aromatic heterocycles. The molecule has 0 bridgehead atoms. The van der Waals surface area contributed by atoms with Crippen molar-refractivity contribution in [1.82, 2.24) is 15.0 Å². The number of aromatic nitrogens is 2. The van der Waals surface area contributed by atoms with E-state index in [1.807, 2.05) is 24.3 Å². The molecule has 0 aliphatic carbocycles. The minimum absolute atomic E-state index is 0.0123. The highest BCUT2D eigenvalue weighted by molar-refractivity contribution is 7.90. The first kappa shape index (κ1) is 21.7. The maximum Gasteiger partial charge on any atom is 0.260 e.